The van der Waals surface area contributed by atoms with Crippen LogP contribution in [0.1, 0.15) is 18.9 Å². The minimum atomic E-state index is 0.00917. The Morgan fingerprint density at radius 1 is 1.36 bits per heavy atom. The van der Waals surface area contributed by atoms with Crippen molar-refractivity contribution in [1.29, 1.82) is 0 Å². The van der Waals surface area contributed by atoms with Crippen molar-refractivity contribution in [1.82, 2.24) is 0 Å². The monoisotopic (exact) mass is 192 g/mol. The van der Waals surface area contributed by atoms with Crippen molar-refractivity contribution in [3.05, 3.63) is 35.9 Å². The molecule has 0 aliphatic carbocycles. The summed E-state index contributed by atoms with van der Waals surface area (Å²) < 4.78 is 5.24. The van der Waals surface area contributed by atoms with E-state index in [0.717, 1.165) is 6.42 Å². The van der Waals surface area contributed by atoms with Gasteiger partial charge in [0.25, 0.3) is 0 Å². The van der Waals surface area contributed by atoms with Crippen LogP contribution in [0.25, 0.3) is 0 Å². The Morgan fingerprint density at radius 3 is 2.50 bits per heavy atom. The molecule has 1 aromatic carbocycles. The summed E-state index contributed by atoms with van der Waals surface area (Å²) >= 11 is 0. The first-order valence-corrected chi connectivity index (χ1v) is 4.78. The first-order chi connectivity index (χ1) is 6.72. The third-order valence-electron chi connectivity index (χ3n) is 2.15. The lowest BCUT2D eigenvalue weighted by Crippen LogP contribution is -2.17. The van der Waals surface area contributed by atoms with Gasteiger partial charge in [-0.25, -0.2) is 0 Å². The average Bonchev–Trinajstić information content (AvgIpc) is 2.17. The lowest BCUT2D eigenvalue weighted by Gasteiger charge is -2.13. The number of ether oxygens (including phenoxy) is 1. The van der Waals surface area contributed by atoms with Gasteiger partial charge in [-0.3, -0.25) is 4.79 Å². The van der Waals surface area contributed by atoms with Gasteiger partial charge in [0.15, 0.2) is 0 Å². The van der Waals surface area contributed by atoms with Gasteiger partial charge >= 0.3 is 0 Å². The van der Waals surface area contributed by atoms with Crippen molar-refractivity contribution < 1.29 is 9.53 Å². The summed E-state index contributed by atoms with van der Waals surface area (Å²) in [6.07, 6.45) is 1.30. The summed E-state index contributed by atoms with van der Waals surface area (Å²) in [5, 5.41) is 0. The minimum Gasteiger partial charge on any atom is -0.381 e. The molecule has 0 radical (unpaired) electrons. The van der Waals surface area contributed by atoms with E-state index in [1.807, 2.05) is 30.3 Å². The zero-order valence-electron chi connectivity index (χ0n) is 8.69. The molecule has 1 rings (SSSR count). The van der Waals surface area contributed by atoms with Gasteiger partial charge in [-0.15, -0.1) is 0 Å². The normalized spacial score (nSPS) is 12.4. The van der Waals surface area contributed by atoms with Crippen LogP contribution in [0.5, 0.6) is 0 Å². The smallest absolute Gasteiger partial charge is 0.132 e. The highest BCUT2D eigenvalue weighted by Gasteiger charge is 2.10. The van der Waals surface area contributed by atoms with E-state index in [1.54, 1.807) is 14.0 Å². The molecule has 0 aliphatic heterocycles. The van der Waals surface area contributed by atoms with Crippen LogP contribution in [-0.2, 0) is 16.0 Å². The molecule has 0 fully saturated rings. The molecule has 0 heterocycles. The molecule has 1 unspecified atom stereocenters. The Balaban J connectivity index is 2.53. The van der Waals surface area contributed by atoms with Crippen LogP contribution in [0.4, 0.5) is 0 Å². The fraction of sp³-hybridized carbons (Fsp3) is 0.417. The molecular formula is C12H16O2. The molecule has 76 valence electrons. The lowest BCUT2D eigenvalue weighted by atomic mass is 10.0. The van der Waals surface area contributed by atoms with E-state index in [-0.39, 0.29) is 11.9 Å². The van der Waals surface area contributed by atoms with Gasteiger partial charge in [-0.05, 0) is 18.9 Å². The summed E-state index contributed by atoms with van der Waals surface area (Å²) in [4.78, 5) is 10.9. The van der Waals surface area contributed by atoms with Crippen LogP contribution in [0.15, 0.2) is 30.3 Å². The maximum atomic E-state index is 10.9. The molecule has 0 N–H and O–H groups in total. The third kappa shape index (κ3) is 3.71. The van der Waals surface area contributed by atoms with Crippen molar-refractivity contribution in [3.63, 3.8) is 0 Å². The summed E-state index contributed by atoms with van der Waals surface area (Å²) in [6, 6.07) is 10.1. The highest BCUT2D eigenvalue weighted by atomic mass is 16.5. The number of methoxy groups -OCH3 is 1. The van der Waals surface area contributed by atoms with Crippen LogP contribution in [0.2, 0.25) is 0 Å². The zero-order chi connectivity index (χ0) is 10.4. The second kappa shape index (κ2) is 5.55. The van der Waals surface area contributed by atoms with Gasteiger partial charge in [0, 0.05) is 13.5 Å². The molecule has 0 bridgehead atoms. The lowest BCUT2D eigenvalue weighted by molar-refractivity contribution is -0.119. The molecule has 1 atom stereocenters. The van der Waals surface area contributed by atoms with E-state index in [4.69, 9.17) is 4.74 Å². The quantitative estimate of drug-likeness (QED) is 0.715. The molecule has 0 saturated heterocycles. The Morgan fingerprint density at radius 2 is 2.00 bits per heavy atom. The van der Waals surface area contributed by atoms with Crippen molar-refractivity contribution in [2.24, 2.45) is 0 Å². The number of hydrogen-bond donors (Lipinski definition) is 0. The summed E-state index contributed by atoms with van der Waals surface area (Å²) in [5.74, 6) is 0.174. The number of rotatable bonds is 5. The SMILES string of the molecule is COC(CC(C)=O)Cc1ccccc1. The van der Waals surface area contributed by atoms with Crippen LogP contribution >= 0.6 is 0 Å². The predicted molar refractivity (Wildman–Crippen MR) is 56.2 cm³/mol. The fourth-order valence-corrected chi connectivity index (χ4v) is 1.44. The van der Waals surface area contributed by atoms with Gasteiger partial charge in [-0.1, -0.05) is 30.3 Å². The van der Waals surface area contributed by atoms with E-state index in [0.29, 0.717) is 6.42 Å². The maximum absolute atomic E-state index is 10.9. The maximum Gasteiger partial charge on any atom is 0.132 e. The highest BCUT2D eigenvalue weighted by Crippen LogP contribution is 2.08. The van der Waals surface area contributed by atoms with Crippen LogP contribution in [-0.4, -0.2) is 19.0 Å². The molecular weight excluding hydrogens is 176 g/mol. The number of hydrogen-bond acceptors (Lipinski definition) is 2. The summed E-state index contributed by atoms with van der Waals surface area (Å²) in [6.45, 7) is 1.59. The number of benzene rings is 1. The third-order valence-corrected chi connectivity index (χ3v) is 2.15. The average molecular weight is 192 g/mol. The van der Waals surface area contributed by atoms with Crippen molar-refractivity contribution in [2.75, 3.05) is 7.11 Å². The van der Waals surface area contributed by atoms with Gasteiger partial charge in [0.2, 0.25) is 0 Å². The van der Waals surface area contributed by atoms with Crippen molar-refractivity contribution in [2.45, 2.75) is 25.9 Å². The van der Waals surface area contributed by atoms with Crippen LogP contribution in [0, 0.1) is 0 Å². The summed E-state index contributed by atoms with van der Waals surface area (Å²) in [5.41, 5.74) is 1.21. The number of carbonyl (C=O) groups excluding carboxylic acids is 1. The Kier molecular flexibility index (Phi) is 4.33. The molecule has 1 aromatic rings. The van der Waals surface area contributed by atoms with E-state index in [1.165, 1.54) is 5.56 Å². The fourth-order valence-electron chi connectivity index (χ4n) is 1.44. The van der Waals surface area contributed by atoms with E-state index >= 15 is 0 Å². The zero-order valence-corrected chi connectivity index (χ0v) is 8.69. The van der Waals surface area contributed by atoms with Crippen LogP contribution in [0.3, 0.4) is 0 Å². The van der Waals surface area contributed by atoms with Gasteiger partial charge in [0.05, 0.1) is 6.10 Å². The van der Waals surface area contributed by atoms with Crippen molar-refractivity contribution in [3.8, 4) is 0 Å². The number of carbonyl (C=O) groups is 1. The second-order valence-electron chi connectivity index (χ2n) is 3.45. The van der Waals surface area contributed by atoms with Crippen LogP contribution < -0.4 is 0 Å². The first-order valence-electron chi connectivity index (χ1n) is 4.78. The molecule has 0 aromatic heterocycles. The highest BCUT2D eigenvalue weighted by molar-refractivity contribution is 5.76. The molecule has 0 amide bonds. The second-order valence-corrected chi connectivity index (χ2v) is 3.45. The number of Topliss-reactive ketones (excluding diaryl/α,β-unsaturated/α-hetero) is 1. The largest absolute Gasteiger partial charge is 0.381 e. The van der Waals surface area contributed by atoms with Gasteiger partial charge in [0.1, 0.15) is 5.78 Å². The van der Waals surface area contributed by atoms with E-state index < -0.39 is 0 Å². The number of ketones is 1. The first kappa shape index (κ1) is 10.9. The van der Waals surface area contributed by atoms with Crippen molar-refractivity contribution >= 4 is 5.78 Å². The van der Waals surface area contributed by atoms with E-state index in [9.17, 15) is 4.79 Å². The predicted octanol–water partition coefficient (Wildman–Crippen LogP) is 2.22. The molecule has 0 spiro atoms. The molecule has 2 heteroatoms. The molecule has 14 heavy (non-hydrogen) atoms. The molecule has 2 nitrogen and oxygen atoms in total. The van der Waals surface area contributed by atoms with E-state index in [2.05, 4.69) is 0 Å². The Bertz CT molecular complexity index is 280. The van der Waals surface area contributed by atoms with Gasteiger partial charge in [-0.2, -0.15) is 0 Å². The Labute approximate surface area is 84.9 Å². The molecule has 0 saturated carbocycles. The van der Waals surface area contributed by atoms with Gasteiger partial charge < -0.3 is 4.74 Å². The summed E-state index contributed by atoms with van der Waals surface area (Å²) in [7, 11) is 1.65. The topological polar surface area (TPSA) is 26.3 Å². The minimum absolute atomic E-state index is 0.00917. The molecule has 0 aliphatic rings. The Hall–Kier alpha value is -1.15. The standard InChI is InChI=1S/C12H16O2/c1-10(13)8-12(14-2)9-11-6-4-3-5-7-11/h3-7,12H,8-9H2,1-2H3.